The highest BCUT2D eigenvalue weighted by molar-refractivity contribution is 6.43. The summed E-state index contributed by atoms with van der Waals surface area (Å²) in [6, 6.07) is 13.9. The standard InChI is InChI=1S/C19H17ClFNO4/c1-24-19(23)18(22-25-2)16-6-4-3-5-14(16)12-26-15-9-7-13(8-10-15)11-17(20)21/h3-11H,12H2,1-2H3/b17-11?,22-18+. The average Bonchev–Trinajstić information content (AvgIpc) is 2.65. The van der Waals surface area contributed by atoms with Gasteiger partial charge in [0.1, 0.15) is 19.5 Å². The van der Waals surface area contributed by atoms with Crippen molar-refractivity contribution >= 4 is 29.4 Å². The third-order valence-electron chi connectivity index (χ3n) is 3.38. The van der Waals surface area contributed by atoms with E-state index < -0.39 is 11.3 Å². The van der Waals surface area contributed by atoms with Gasteiger partial charge in [-0.15, -0.1) is 0 Å². The van der Waals surface area contributed by atoms with Crippen molar-refractivity contribution in [2.24, 2.45) is 5.16 Å². The Bertz CT molecular complexity index is 815. The number of halogens is 2. The van der Waals surface area contributed by atoms with Crippen LogP contribution in [0.3, 0.4) is 0 Å². The molecular weight excluding hydrogens is 361 g/mol. The molecule has 2 aromatic carbocycles. The molecule has 2 aromatic rings. The first-order valence-electron chi connectivity index (χ1n) is 7.58. The van der Waals surface area contributed by atoms with Gasteiger partial charge in [-0.2, -0.15) is 4.39 Å². The molecule has 0 radical (unpaired) electrons. The number of nitrogens with zero attached hydrogens (tertiary/aromatic N) is 1. The Kier molecular flexibility index (Phi) is 7.17. The first kappa shape index (κ1) is 19.5. The zero-order valence-corrected chi connectivity index (χ0v) is 15.0. The summed E-state index contributed by atoms with van der Waals surface area (Å²) in [6.07, 6.45) is 1.20. The number of ether oxygens (including phenoxy) is 2. The Morgan fingerprint density at radius 3 is 2.46 bits per heavy atom. The maximum atomic E-state index is 12.7. The van der Waals surface area contributed by atoms with Gasteiger partial charge in [0.2, 0.25) is 0 Å². The third-order valence-corrected chi connectivity index (χ3v) is 3.49. The van der Waals surface area contributed by atoms with Crippen LogP contribution in [-0.2, 0) is 21.0 Å². The first-order valence-corrected chi connectivity index (χ1v) is 7.96. The summed E-state index contributed by atoms with van der Waals surface area (Å²) in [4.78, 5) is 16.7. The van der Waals surface area contributed by atoms with Crippen molar-refractivity contribution in [3.8, 4) is 5.75 Å². The third kappa shape index (κ3) is 5.32. The van der Waals surface area contributed by atoms with E-state index in [9.17, 15) is 9.18 Å². The highest BCUT2D eigenvalue weighted by atomic mass is 35.5. The predicted octanol–water partition coefficient (Wildman–Crippen LogP) is 4.30. The molecule has 7 heteroatoms. The molecule has 0 N–H and O–H groups in total. The minimum Gasteiger partial charge on any atom is -0.489 e. The van der Waals surface area contributed by atoms with Crippen LogP contribution in [0.25, 0.3) is 6.08 Å². The van der Waals surface area contributed by atoms with Crippen LogP contribution in [0.1, 0.15) is 16.7 Å². The Morgan fingerprint density at radius 1 is 1.15 bits per heavy atom. The Hall–Kier alpha value is -2.86. The molecular formula is C19H17ClFNO4. The topological polar surface area (TPSA) is 57.1 Å². The van der Waals surface area contributed by atoms with Crippen LogP contribution in [0.5, 0.6) is 5.75 Å². The van der Waals surface area contributed by atoms with Gasteiger partial charge < -0.3 is 14.3 Å². The van der Waals surface area contributed by atoms with Gasteiger partial charge in [0.15, 0.2) is 11.0 Å². The molecule has 0 aliphatic heterocycles. The van der Waals surface area contributed by atoms with Crippen LogP contribution in [0.15, 0.2) is 59.0 Å². The van der Waals surface area contributed by atoms with E-state index in [4.69, 9.17) is 25.9 Å². The molecule has 0 fully saturated rings. The number of oxime groups is 1. The van der Waals surface area contributed by atoms with E-state index in [1.807, 2.05) is 12.1 Å². The van der Waals surface area contributed by atoms with E-state index in [2.05, 4.69) is 5.16 Å². The van der Waals surface area contributed by atoms with Gasteiger partial charge >= 0.3 is 5.97 Å². The fourth-order valence-electron chi connectivity index (χ4n) is 2.21. The number of methoxy groups -OCH3 is 1. The van der Waals surface area contributed by atoms with E-state index in [1.54, 1.807) is 36.4 Å². The lowest BCUT2D eigenvalue weighted by atomic mass is 10.0. The number of rotatable bonds is 7. The second-order valence-corrected chi connectivity index (χ2v) is 5.42. The van der Waals surface area contributed by atoms with Crippen molar-refractivity contribution in [2.75, 3.05) is 14.2 Å². The molecule has 0 amide bonds. The SMILES string of the molecule is CO/N=C(/C(=O)OC)c1ccccc1COc1ccc(C=C(F)Cl)cc1. The summed E-state index contributed by atoms with van der Waals surface area (Å²) in [7, 11) is 2.62. The number of carbonyl (C=O) groups is 1. The molecule has 0 aromatic heterocycles. The molecule has 0 spiro atoms. The quantitative estimate of drug-likeness (QED) is 0.410. The zero-order valence-electron chi connectivity index (χ0n) is 14.2. The lowest BCUT2D eigenvalue weighted by Gasteiger charge is -2.12. The molecule has 0 heterocycles. The summed E-state index contributed by atoms with van der Waals surface area (Å²) in [5, 5.41) is 2.96. The fourth-order valence-corrected chi connectivity index (χ4v) is 2.33. The smallest absolute Gasteiger partial charge is 0.360 e. The summed E-state index contributed by atoms with van der Waals surface area (Å²) < 4.78 is 23.2. The lowest BCUT2D eigenvalue weighted by Crippen LogP contribution is -2.19. The molecule has 0 atom stereocenters. The largest absolute Gasteiger partial charge is 0.489 e. The van der Waals surface area contributed by atoms with Gasteiger partial charge in [0.05, 0.1) is 7.11 Å². The van der Waals surface area contributed by atoms with Crippen LogP contribution >= 0.6 is 11.6 Å². The van der Waals surface area contributed by atoms with E-state index in [-0.39, 0.29) is 12.3 Å². The molecule has 0 aliphatic carbocycles. The van der Waals surface area contributed by atoms with Crippen molar-refractivity contribution in [1.29, 1.82) is 0 Å². The number of hydrogen-bond acceptors (Lipinski definition) is 5. The van der Waals surface area contributed by atoms with Crippen molar-refractivity contribution in [3.05, 3.63) is 70.5 Å². The van der Waals surface area contributed by atoms with Crippen LogP contribution in [0.4, 0.5) is 4.39 Å². The number of hydrogen-bond donors (Lipinski definition) is 0. The van der Waals surface area contributed by atoms with E-state index >= 15 is 0 Å². The average molecular weight is 378 g/mol. The maximum Gasteiger partial charge on any atom is 0.360 e. The van der Waals surface area contributed by atoms with Crippen molar-refractivity contribution in [2.45, 2.75) is 6.61 Å². The predicted molar refractivity (Wildman–Crippen MR) is 97.7 cm³/mol. The van der Waals surface area contributed by atoms with E-state index in [0.29, 0.717) is 16.9 Å². The first-order chi connectivity index (χ1) is 12.5. The lowest BCUT2D eigenvalue weighted by molar-refractivity contribution is -0.132. The molecule has 0 bridgehead atoms. The summed E-state index contributed by atoms with van der Waals surface area (Å²) >= 11 is 5.21. The molecule has 0 aliphatic rings. The molecule has 2 rings (SSSR count). The van der Waals surface area contributed by atoms with E-state index in [1.165, 1.54) is 20.3 Å². The van der Waals surface area contributed by atoms with Crippen molar-refractivity contribution in [1.82, 2.24) is 0 Å². The van der Waals surface area contributed by atoms with Gasteiger partial charge in [0, 0.05) is 5.56 Å². The highest BCUT2D eigenvalue weighted by Crippen LogP contribution is 2.19. The van der Waals surface area contributed by atoms with Crippen LogP contribution in [0, 0.1) is 0 Å². The normalized spacial score (nSPS) is 11.8. The zero-order chi connectivity index (χ0) is 18.9. The fraction of sp³-hybridized carbons (Fsp3) is 0.158. The summed E-state index contributed by atoms with van der Waals surface area (Å²) in [6.45, 7) is 0.189. The minimum absolute atomic E-state index is 0.0484. The molecule has 136 valence electrons. The van der Waals surface area contributed by atoms with Crippen LogP contribution in [0.2, 0.25) is 0 Å². The molecule has 0 saturated heterocycles. The monoisotopic (exact) mass is 377 g/mol. The van der Waals surface area contributed by atoms with Crippen molar-refractivity contribution < 1.29 is 23.5 Å². The Morgan fingerprint density at radius 2 is 1.85 bits per heavy atom. The number of carbonyl (C=O) groups excluding carboxylic acids is 1. The molecule has 5 nitrogen and oxygen atoms in total. The van der Waals surface area contributed by atoms with Crippen molar-refractivity contribution in [3.63, 3.8) is 0 Å². The highest BCUT2D eigenvalue weighted by Gasteiger charge is 2.19. The maximum absolute atomic E-state index is 12.7. The number of benzene rings is 2. The van der Waals surface area contributed by atoms with Gasteiger partial charge in [0.25, 0.3) is 0 Å². The minimum atomic E-state index is -0.791. The second kappa shape index (κ2) is 9.58. The van der Waals surface area contributed by atoms with Crippen LogP contribution < -0.4 is 4.74 Å². The molecule has 0 unspecified atom stereocenters. The second-order valence-electron chi connectivity index (χ2n) is 5.06. The van der Waals surface area contributed by atoms with E-state index in [0.717, 1.165) is 5.56 Å². The summed E-state index contributed by atoms with van der Waals surface area (Å²) in [5.74, 6) is -0.0335. The van der Waals surface area contributed by atoms with Gasteiger partial charge in [-0.25, -0.2) is 4.79 Å². The Balaban J connectivity index is 2.19. The van der Waals surface area contributed by atoms with Crippen LogP contribution in [-0.4, -0.2) is 25.9 Å². The van der Waals surface area contributed by atoms with Gasteiger partial charge in [-0.05, 0) is 29.3 Å². The molecule has 0 saturated carbocycles. The summed E-state index contributed by atoms with van der Waals surface area (Å²) in [5.41, 5.74) is 1.94. The molecule has 26 heavy (non-hydrogen) atoms. The van der Waals surface area contributed by atoms with Gasteiger partial charge in [-0.1, -0.05) is 53.2 Å². The number of esters is 1. The van der Waals surface area contributed by atoms with Gasteiger partial charge in [-0.3, -0.25) is 0 Å². The Labute approximate surface area is 155 Å².